The summed E-state index contributed by atoms with van der Waals surface area (Å²) in [6.07, 6.45) is 0. The van der Waals surface area contributed by atoms with Crippen molar-refractivity contribution in [2.45, 2.75) is 13.0 Å². The van der Waals surface area contributed by atoms with Gasteiger partial charge in [0.25, 0.3) is 0 Å². The minimum Gasteiger partial charge on any atom is -0.380 e. The first-order valence-corrected chi connectivity index (χ1v) is 6.51. The van der Waals surface area contributed by atoms with E-state index in [9.17, 15) is 4.39 Å². The van der Waals surface area contributed by atoms with E-state index in [1.54, 1.807) is 18.3 Å². The fraction of sp³-hybridized carbons (Fsp3) is 0.231. The lowest BCUT2D eigenvalue weighted by molar-refractivity contribution is 0.616. The van der Waals surface area contributed by atoms with E-state index in [2.05, 4.69) is 21.4 Å². The summed E-state index contributed by atoms with van der Waals surface area (Å²) >= 11 is 1.67. The zero-order valence-corrected chi connectivity index (χ0v) is 10.3. The number of anilines is 2. The molecule has 1 aromatic heterocycles. The molecule has 2 N–H and O–H groups in total. The summed E-state index contributed by atoms with van der Waals surface area (Å²) in [6, 6.07) is 5.50. The molecule has 4 heteroatoms. The Kier molecular flexibility index (Phi) is 2.52. The molecule has 0 radical (unpaired) electrons. The van der Waals surface area contributed by atoms with Gasteiger partial charge in [-0.3, -0.25) is 0 Å². The number of fused-ring (bicyclic) bond motifs is 1. The highest BCUT2D eigenvalue weighted by molar-refractivity contribution is 7.09. The average Bonchev–Trinajstić information content (AvgIpc) is 2.79. The van der Waals surface area contributed by atoms with E-state index in [0.29, 0.717) is 5.56 Å². The second-order valence-electron chi connectivity index (χ2n) is 4.29. The van der Waals surface area contributed by atoms with Gasteiger partial charge in [-0.2, -0.15) is 0 Å². The molecule has 3 rings (SSSR count). The minimum absolute atomic E-state index is 0.145. The molecule has 88 valence electrons. The van der Waals surface area contributed by atoms with Crippen LogP contribution in [-0.2, 0) is 0 Å². The maximum atomic E-state index is 13.2. The summed E-state index contributed by atoms with van der Waals surface area (Å²) in [5.41, 5.74) is 4.10. The summed E-state index contributed by atoms with van der Waals surface area (Å²) in [5, 5.41) is 11.0. The number of aryl methyl sites for hydroxylation is 1. The summed E-state index contributed by atoms with van der Waals surface area (Å²) in [7, 11) is 0. The molecule has 1 aliphatic rings. The van der Waals surface area contributed by atoms with Gasteiger partial charge in [0.1, 0.15) is 5.82 Å². The fourth-order valence-electron chi connectivity index (χ4n) is 2.08. The van der Waals surface area contributed by atoms with Crippen LogP contribution in [0.15, 0.2) is 29.0 Å². The third-order valence-electron chi connectivity index (χ3n) is 3.07. The number of halogens is 1. The molecule has 1 unspecified atom stereocenters. The van der Waals surface area contributed by atoms with Gasteiger partial charge in [0, 0.05) is 17.3 Å². The molecule has 0 aliphatic carbocycles. The first-order chi connectivity index (χ1) is 8.24. The fourth-order valence-corrected chi connectivity index (χ4v) is 2.83. The predicted octanol–water partition coefficient (Wildman–Crippen LogP) is 3.77. The van der Waals surface area contributed by atoms with Crippen molar-refractivity contribution in [1.29, 1.82) is 0 Å². The Bertz CT molecular complexity index is 550. The maximum absolute atomic E-state index is 13.2. The first-order valence-electron chi connectivity index (χ1n) is 5.56. The molecule has 2 heterocycles. The Morgan fingerprint density at radius 2 is 2.12 bits per heavy atom. The van der Waals surface area contributed by atoms with Gasteiger partial charge in [0.15, 0.2) is 0 Å². The molecule has 1 aromatic carbocycles. The van der Waals surface area contributed by atoms with E-state index in [0.717, 1.165) is 23.5 Å². The highest BCUT2D eigenvalue weighted by Crippen LogP contribution is 2.34. The summed E-state index contributed by atoms with van der Waals surface area (Å²) in [5.74, 6) is -0.145. The number of thiophene rings is 1. The Morgan fingerprint density at radius 3 is 2.94 bits per heavy atom. The van der Waals surface area contributed by atoms with E-state index >= 15 is 0 Å². The highest BCUT2D eigenvalue weighted by atomic mass is 32.1. The van der Waals surface area contributed by atoms with Gasteiger partial charge in [-0.1, -0.05) is 12.1 Å². The largest absolute Gasteiger partial charge is 0.380 e. The molecule has 1 aliphatic heterocycles. The highest BCUT2D eigenvalue weighted by Gasteiger charge is 2.19. The van der Waals surface area contributed by atoms with Crippen LogP contribution < -0.4 is 10.6 Å². The van der Waals surface area contributed by atoms with Crippen LogP contribution in [0.5, 0.6) is 0 Å². The zero-order valence-electron chi connectivity index (χ0n) is 9.46. The topological polar surface area (TPSA) is 24.1 Å². The molecule has 17 heavy (non-hydrogen) atoms. The molecule has 0 amide bonds. The third kappa shape index (κ3) is 1.89. The SMILES string of the molecule is Cc1cc(C2CNc3cscc3N2)ccc1F. The van der Waals surface area contributed by atoms with Crippen molar-refractivity contribution in [3.63, 3.8) is 0 Å². The second kappa shape index (κ2) is 4.04. The zero-order chi connectivity index (χ0) is 11.8. The number of rotatable bonds is 1. The standard InChI is InChI=1S/C13H13FN2S/c1-8-4-9(2-3-10(8)14)11-5-15-12-6-17-7-13(12)16-11/h2-4,6-7,11,15-16H,5H2,1H3. The van der Waals surface area contributed by atoms with Crippen LogP contribution in [0.2, 0.25) is 0 Å². The second-order valence-corrected chi connectivity index (χ2v) is 5.03. The average molecular weight is 248 g/mol. The first kappa shape index (κ1) is 10.6. The van der Waals surface area contributed by atoms with Crippen molar-refractivity contribution in [3.05, 3.63) is 45.9 Å². The summed E-state index contributed by atoms with van der Waals surface area (Å²) < 4.78 is 13.2. The van der Waals surface area contributed by atoms with Gasteiger partial charge >= 0.3 is 0 Å². The van der Waals surface area contributed by atoms with Gasteiger partial charge in [-0.05, 0) is 24.1 Å². The quantitative estimate of drug-likeness (QED) is 0.802. The van der Waals surface area contributed by atoms with E-state index in [1.165, 1.54) is 6.07 Å². The van der Waals surface area contributed by atoms with Gasteiger partial charge in [0.05, 0.1) is 17.4 Å². The third-order valence-corrected chi connectivity index (χ3v) is 3.82. The van der Waals surface area contributed by atoms with Crippen LogP contribution in [0.4, 0.5) is 15.8 Å². The van der Waals surface area contributed by atoms with E-state index in [4.69, 9.17) is 0 Å². The van der Waals surface area contributed by atoms with Crippen LogP contribution in [0.25, 0.3) is 0 Å². The van der Waals surface area contributed by atoms with Crippen molar-refractivity contribution in [3.8, 4) is 0 Å². The van der Waals surface area contributed by atoms with Crippen molar-refractivity contribution in [1.82, 2.24) is 0 Å². The van der Waals surface area contributed by atoms with Crippen LogP contribution in [-0.4, -0.2) is 6.54 Å². The van der Waals surface area contributed by atoms with E-state index in [-0.39, 0.29) is 11.9 Å². The van der Waals surface area contributed by atoms with Crippen LogP contribution in [0.3, 0.4) is 0 Å². The molecule has 0 bridgehead atoms. The van der Waals surface area contributed by atoms with Crippen molar-refractivity contribution in [2.24, 2.45) is 0 Å². The molecule has 2 nitrogen and oxygen atoms in total. The monoisotopic (exact) mass is 248 g/mol. The van der Waals surface area contributed by atoms with Gasteiger partial charge in [-0.25, -0.2) is 4.39 Å². The predicted molar refractivity (Wildman–Crippen MR) is 70.3 cm³/mol. The van der Waals surface area contributed by atoms with Gasteiger partial charge < -0.3 is 10.6 Å². The van der Waals surface area contributed by atoms with Gasteiger partial charge in [0.2, 0.25) is 0 Å². The number of hydrogen-bond donors (Lipinski definition) is 2. The van der Waals surface area contributed by atoms with Crippen LogP contribution in [0.1, 0.15) is 17.2 Å². The maximum Gasteiger partial charge on any atom is 0.126 e. The van der Waals surface area contributed by atoms with E-state index < -0.39 is 0 Å². The molecule has 0 spiro atoms. The van der Waals surface area contributed by atoms with Gasteiger partial charge in [-0.15, -0.1) is 11.3 Å². The Balaban J connectivity index is 1.89. The molecule has 0 saturated carbocycles. The molecule has 1 atom stereocenters. The molecule has 0 fully saturated rings. The van der Waals surface area contributed by atoms with Crippen LogP contribution in [0, 0.1) is 12.7 Å². The van der Waals surface area contributed by atoms with Crippen molar-refractivity contribution in [2.75, 3.05) is 17.2 Å². The number of benzene rings is 1. The number of nitrogens with one attached hydrogen (secondary N) is 2. The molecule has 0 saturated heterocycles. The lowest BCUT2D eigenvalue weighted by Crippen LogP contribution is -2.25. The van der Waals surface area contributed by atoms with Crippen molar-refractivity contribution >= 4 is 22.7 Å². The number of hydrogen-bond acceptors (Lipinski definition) is 3. The molecular formula is C13H13FN2S. The van der Waals surface area contributed by atoms with E-state index in [1.807, 2.05) is 12.1 Å². The Hall–Kier alpha value is -1.55. The van der Waals surface area contributed by atoms with Crippen LogP contribution >= 0.6 is 11.3 Å². The molecule has 2 aromatic rings. The smallest absolute Gasteiger partial charge is 0.126 e. The lowest BCUT2D eigenvalue weighted by Gasteiger charge is -2.26. The molecular weight excluding hydrogens is 235 g/mol. The summed E-state index contributed by atoms with van der Waals surface area (Å²) in [6.45, 7) is 2.62. The Morgan fingerprint density at radius 1 is 1.29 bits per heavy atom. The lowest BCUT2D eigenvalue weighted by atomic mass is 10.0. The Labute approximate surface area is 103 Å². The van der Waals surface area contributed by atoms with Crippen molar-refractivity contribution < 1.29 is 4.39 Å². The minimum atomic E-state index is -0.145. The summed E-state index contributed by atoms with van der Waals surface area (Å²) in [4.78, 5) is 0. The normalized spacial score (nSPS) is 18.1.